The maximum absolute atomic E-state index is 13.9. The summed E-state index contributed by atoms with van der Waals surface area (Å²) in [7, 11) is 4.35. The van der Waals surface area contributed by atoms with Crippen LogP contribution in [0.5, 0.6) is 17.2 Å². The molecule has 1 amide bonds. The van der Waals surface area contributed by atoms with Gasteiger partial charge in [0.25, 0.3) is 0 Å². The average Bonchev–Trinajstić information content (AvgIpc) is 2.67. The first kappa shape index (κ1) is 20.3. The standard InChI is InChI=1S/C19H18ClFN2O4/c1-25-16-7-11(8-17(26-2)19(16)27-3)15(10-22)23-18(24)9-12-13(20)5-4-6-14(12)21/h4-8,15H,9H2,1-3H3,(H,23,24). The van der Waals surface area contributed by atoms with E-state index in [1.165, 1.54) is 39.5 Å². The summed E-state index contributed by atoms with van der Waals surface area (Å²) >= 11 is 5.94. The number of ether oxygens (including phenoxy) is 3. The largest absolute Gasteiger partial charge is 0.493 e. The van der Waals surface area contributed by atoms with Gasteiger partial charge in [-0.3, -0.25) is 4.79 Å². The number of nitrogens with one attached hydrogen (secondary N) is 1. The highest BCUT2D eigenvalue weighted by atomic mass is 35.5. The Labute approximate surface area is 161 Å². The number of benzene rings is 2. The fourth-order valence-corrected chi connectivity index (χ4v) is 2.76. The topological polar surface area (TPSA) is 80.6 Å². The molecule has 8 heteroatoms. The number of hydrogen-bond donors (Lipinski definition) is 1. The zero-order valence-electron chi connectivity index (χ0n) is 15.0. The van der Waals surface area contributed by atoms with Gasteiger partial charge in [-0.1, -0.05) is 17.7 Å². The second-order valence-electron chi connectivity index (χ2n) is 5.47. The van der Waals surface area contributed by atoms with Crippen LogP contribution in [-0.4, -0.2) is 27.2 Å². The number of rotatable bonds is 7. The molecular formula is C19H18ClFN2O4. The third-order valence-corrected chi connectivity index (χ3v) is 4.21. The Hall–Kier alpha value is -2.98. The van der Waals surface area contributed by atoms with E-state index in [0.717, 1.165) is 0 Å². The number of carbonyl (C=O) groups is 1. The summed E-state index contributed by atoms with van der Waals surface area (Å²) in [5, 5.41) is 12.2. The molecule has 2 aromatic carbocycles. The third kappa shape index (κ3) is 4.60. The van der Waals surface area contributed by atoms with Crippen molar-refractivity contribution in [2.24, 2.45) is 0 Å². The first-order valence-corrected chi connectivity index (χ1v) is 8.24. The monoisotopic (exact) mass is 392 g/mol. The second kappa shape index (κ2) is 9.10. The van der Waals surface area contributed by atoms with Crippen molar-refractivity contribution in [1.29, 1.82) is 5.26 Å². The zero-order chi connectivity index (χ0) is 20.0. The van der Waals surface area contributed by atoms with Crippen molar-refractivity contribution in [2.75, 3.05) is 21.3 Å². The van der Waals surface area contributed by atoms with Gasteiger partial charge < -0.3 is 19.5 Å². The van der Waals surface area contributed by atoms with E-state index in [1.807, 2.05) is 6.07 Å². The lowest BCUT2D eigenvalue weighted by molar-refractivity contribution is -0.120. The fourth-order valence-electron chi connectivity index (χ4n) is 2.53. The van der Waals surface area contributed by atoms with Crippen LogP contribution in [0.25, 0.3) is 0 Å². The number of amides is 1. The molecule has 0 bridgehead atoms. The van der Waals surface area contributed by atoms with Crippen molar-refractivity contribution in [1.82, 2.24) is 5.32 Å². The molecule has 0 fully saturated rings. The van der Waals surface area contributed by atoms with Crippen LogP contribution in [0.2, 0.25) is 5.02 Å². The Morgan fingerprint density at radius 2 is 1.85 bits per heavy atom. The number of nitrogens with zero attached hydrogens (tertiary/aromatic N) is 1. The molecule has 0 spiro atoms. The second-order valence-corrected chi connectivity index (χ2v) is 5.87. The van der Waals surface area contributed by atoms with E-state index in [0.29, 0.717) is 22.8 Å². The van der Waals surface area contributed by atoms with Gasteiger partial charge in [-0.05, 0) is 29.8 Å². The van der Waals surface area contributed by atoms with Gasteiger partial charge in [0.05, 0.1) is 33.8 Å². The molecular weight excluding hydrogens is 375 g/mol. The number of hydrogen-bond acceptors (Lipinski definition) is 5. The number of halogens is 2. The summed E-state index contributed by atoms with van der Waals surface area (Å²) in [6, 6.07) is 8.28. The van der Waals surface area contributed by atoms with Gasteiger partial charge in [-0.15, -0.1) is 0 Å². The Morgan fingerprint density at radius 3 is 2.33 bits per heavy atom. The van der Waals surface area contributed by atoms with E-state index >= 15 is 0 Å². The first-order chi connectivity index (χ1) is 12.9. The maximum Gasteiger partial charge on any atom is 0.225 e. The van der Waals surface area contributed by atoms with E-state index in [9.17, 15) is 14.4 Å². The molecule has 2 aromatic rings. The van der Waals surface area contributed by atoms with Gasteiger partial charge in [-0.2, -0.15) is 5.26 Å². The molecule has 0 radical (unpaired) electrons. The Morgan fingerprint density at radius 1 is 1.22 bits per heavy atom. The van der Waals surface area contributed by atoms with Gasteiger partial charge in [-0.25, -0.2) is 4.39 Å². The van der Waals surface area contributed by atoms with Crippen molar-refractivity contribution in [3.05, 3.63) is 52.3 Å². The highest BCUT2D eigenvalue weighted by Gasteiger charge is 2.21. The lowest BCUT2D eigenvalue weighted by Gasteiger charge is -2.17. The summed E-state index contributed by atoms with van der Waals surface area (Å²) in [6.07, 6.45) is -0.298. The van der Waals surface area contributed by atoms with Crippen molar-refractivity contribution in [3.8, 4) is 23.3 Å². The van der Waals surface area contributed by atoms with Crippen LogP contribution in [0, 0.1) is 17.1 Å². The van der Waals surface area contributed by atoms with E-state index in [2.05, 4.69) is 5.32 Å². The molecule has 142 valence electrons. The van der Waals surface area contributed by atoms with Crippen molar-refractivity contribution >= 4 is 17.5 Å². The Balaban J connectivity index is 2.27. The SMILES string of the molecule is COc1cc(C(C#N)NC(=O)Cc2c(F)cccc2Cl)cc(OC)c1OC. The Bertz CT molecular complexity index is 837. The Kier molecular flexibility index (Phi) is 6.85. The highest BCUT2D eigenvalue weighted by Crippen LogP contribution is 2.39. The van der Waals surface area contributed by atoms with Gasteiger partial charge in [0.1, 0.15) is 11.9 Å². The van der Waals surface area contributed by atoms with Crippen LogP contribution >= 0.6 is 11.6 Å². The predicted octanol–water partition coefficient (Wildman–Crippen LogP) is 3.43. The fraction of sp³-hybridized carbons (Fsp3) is 0.263. The van der Waals surface area contributed by atoms with Gasteiger partial charge in [0.15, 0.2) is 11.5 Å². The normalized spacial score (nSPS) is 11.3. The van der Waals surface area contributed by atoms with Crippen LogP contribution in [0.15, 0.2) is 30.3 Å². The zero-order valence-corrected chi connectivity index (χ0v) is 15.8. The number of methoxy groups -OCH3 is 3. The van der Waals surface area contributed by atoms with E-state index in [1.54, 1.807) is 12.1 Å². The molecule has 0 aliphatic rings. The molecule has 1 unspecified atom stereocenters. The third-order valence-electron chi connectivity index (χ3n) is 3.85. The van der Waals surface area contributed by atoms with Crippen molar-refractivity contribution < 1.29 is 23.4 Å². The van der Waals surface area contributed by atoms with E-state index in [-0.39, 0.29) is 17.0 Å². The smallest absolute Gasteiger partial charge is 0.225 e. The molecule has 0 aromatic heterocycles. The number of carbonyl (C=O) groups excluding carboxylic acids is 1. The average molecular weight is 393 g/mol. The summed E-state index contributed by atoms with van der Waals surface area (Å²) in [6.45, 7) is 0. The molecule has 0 heterocycles. The summed E-state index contributed by atoms with van der Waals surface area (Å²) in [4.78, 5) is 12.3. The molecule has 1 atom stereocenters. The predicted molar refractivity (Wildman–Crippen MR) is 97.7 cm³/mol. The minimum atomic E-state index is -1.00. The quantitative estimate of drug-likeness (QED) is 0.780. The molecule has 0 aliphatic heterocycles. The molecule has 1 N–H and O–H groups in total. The summed E-state index contributed by atoms with van der Waals surface area (Å²) in [5.74, 6) is -0.0804. The van der Waals surface area contributed by atoms with Gasteiger partial charge in [0, 0.05) is 10.6 Å². The minimum Gasteiger partial charge on any atom is -0.493 e. The van der Waals surface area contributed by atoms with Crippen LogP contribution in [-0.2, 0) is 11.2 Å². The summed E-state index contributed by atoms with van der Waals surface area (Å²) in [5.41, 5.74) is 0.498. The van der Waals surface area contributed by atoms with Crippen LogP contribution < -0.4 is 19.5 Å². The minimum absolute atomic E-state index is 0.0678. The molecule has 27 heavy (non-hydrogen) atoms. The van der Waals surface area contributed by atoms with Crippen molar-refractivity contribution in [3.63, 3.8) is 0 Å². The highest BCUT2D eigenvalue weighted by molar-refractivity contribution is 6.31. The van der Waals surface area contributed by atoms with Crippen molar-refractivity contribution in [2.45, 2.75) is 12.5 Å². The molecule has 2 rings (SSSR count). The van der Waals surface area contributed by atoms with E-state index in [4.69, 9.17) is 25.8 Å². The van der Waals surface area contributed by atoms with Gasteiger partial charge in [0.2, 0.25) is 11.7 Å². The lowest BCUT2D eigenvalue weighted by atomic mass is 10.1. The van der Waals surface area contributed by atoms with E-state index < -0.39 is 17.8 Å². The molecule has 0 aliphatic carbocycles. The molecule has 6 nitrogen and oxygen atoms in total. The lowest BCUT2D eigenvalue weighted by Crippen LogP contribution is -2.29. The number of nitriles is 1. The first-order valence-electron chi connectivity index (χ1n) is 7.86. The molecule has 0 saturated carbocycles. The maximum atomic E-state index is 13.9. The van der Waals surface area contributed by atoms with Crippen LogP contribution in [0.3, 0.4) is 0 Å². The van der Waals surface area contributed by atoms with Gasteiger partial charge >= 0.3 is 0 Å². The summed E-state index contributed by atoms with van der Waals surface area (Å²) < 4.78 is 29.6. The van der Waals surface area contributed by atoms with Crippen LogP contribution in [0.4, 0.5) is 4.39 Å². The molecule has 0 saturated heterocycles. The van der Waals surface area contributed by atoms with Crippen LogP contribution in [0.1, 0.15) is 17.2 Å².